The molecular weight excluding hydrogens is 290 g/mol. The van der Waals surface area contributed by atoms with Gasteiger partial charge in [-0.2, -0.15) is 0 Å². The van der Waals surface area contributed by atoms with Crippen LogP contribution < -0.4 is 4.89 Å². The summed E-state index contributed by atoms with van der Waals surface area (Å²) in [6, 6.07) is 0. The summed E-state index contributed by atoms with van der Waals surface area (Å²) in [6.45, 7) is -6.00. The molecule has 0 radical (unpaired) electrons. The molecule has 0 spiro atoms. The van der Waals surface area contributed by atoms with Gasteiger partial charge in [0.05, 0.1) is 12.7 Å². The number of rotatable bonds is 8. The summed E-state index contributed by atoms with van der Waals surface area (Å²) in [5, 5.41) is 9.52. The summed E-state index contributed by atoms with van der Waals surface area (Å²) in [5.74, 6) is 0. The SMILES string of the molecule is COP(=O)([S-])CCC(O)CCP([O-])(=S)OC. The monoisotopic (exact) mass is 306 g/mol. The molecule has 0 saturated heterocycles. The maximum Gasteiger partial charge on any atom is 0.0760 e. The van der Waals surface area contributed by atoms with E-state index in [1.54, 1.807) is 0 Å². The van der Waals surface area contributed by atoms with E-state index in [0.29, 0.717) is 0 Å². The minimum Gasteiger partial charge on any atom is -0.801 e. The molecule has 98 valence electrons. The third-order valence-electron chi connectivity index (χ3n) is 2.03. The van der Waals surface area contributed by atoms with Gasteiger partial charge < -0.3 is 35.9 Å². The lowest BCUT2D eigenvalue weighted by molar-refractivity contribution is -0.180. The zero-order chi connectivity index (χ0) is 12.8. The van der Waals surface area contributed by atoms with Gasteiger partial charge in [-0.3, -0.25) is 0 Å². The molecule has 0 bridgehead atoms. The summed E-state index contributed by atoms with van der Waals surface area (Å²) >= 11 is 9.33. The molecule has 0 amide bonds. The van der Waals surface area contributed by atoms with Crippen molar-refractivity contribution in [2.45, 2.75) is 18.9 Å². The van der Waals surface area contributed by atoms with Gasteiger partial charge in [-0.05, 0) is 25.5 Å². The molecule has 1 N–H and O–H groups in total. The molecular formula is C7H16O5P2S2-2. The van der Waals surface area contributed by atoms with E-state index in [1.807, 2.05) is 0 Å². The van der Waals surface area contributed by atoms with Crippen molar-refractivity contribution in [2.24, 2.45) is 0 Å². The van der Waals surface area contributed by atoms with E-state index in [1.165, 1.54) is 14.2 Å². The van der Waals surface area contributed by atoms with E-state index >= 15 is 0 Å². The van der Waals surface area contributed by atoms with Crippen LogP contribution in [0.3, 0.4) is 0 Å². The van der Waals surface area contributed by atoms with E-state index < -0.39 is 19.2 Å². The fourth-order valence-electron chi connectivity index (χ4n) is 0.941. The molecule has 0 aromatic carbocycles. The Bertz CT molecular complexity index is 271. The standard InChI is InChI=1S/C7H18O5P2S2/c1-11-13(9,15)5-3-7(8)4-6-14(10,16)12-2/h7-8H,3-6H2,1-2H3,(H,9,15)(H,10,16)/p-2. The van der Waals surface area contributed by atoms with E-state index in [0.717, 1.165) is 0 Å². The van der Waals surface area contributed by atoms with Gasteiger partial charge >= 0.3 is 0 Å². The Morgan fingerprint density at radius 1 is 1.38 bits per heavy atom. The van der Waals surface area contributed by atoms with Crippen molar-refractivity contribution in [3.63, 3.8) is 0 Å². The van der Waals surface area contributed by atoms with Gasteiger partial charge in [0.2, 0.25) is 0 Å². The Morgan fingerprint density at radius 3 is 2.31 bits per heavy atom. The Balaban J connectivity index is 3.89. The van der Waals surface area contributed by atoms with Gasteiger partial charge in [0, 0.05) is 20.4 Å². The van der Waals surface area contributed by atoms with E-state index in [2.05, 4.69) is 33.1 Å². The fraction of sp³-hybridized carbons (Fsp3) is 1.00. The highest BCUT2D eigenvalue weighted by Crippen LogP contribution is 2.44. The zero-order valence-electron chi connectivity index (χ0n) is 9.20. The molecule has 0 aliphatic rings. The molecule has 5 nitrogen and oxygen atoms in total. The topological polar surface area (TPSA) is 78.8 Å². The van der Waals surface area contributed by atoms with Crippen molar-refractivity contribution < 1.29 is 23.6 Å². The summed E-state index contributed by atoms with van der Waals surface area (Å²) in [4.78, 5) is 11.3. The third kappa shape index (κ3) is 8.20. The highest BCUT2D eigenvalue weighted by molar-refractivity contribution is 8.34. The maximum atomic E-state index is 11.3. The van der Waals surface area contributed by atoms with Crippen LogP contribution in [-0.2, 0) is 37.7 Å². The molecule has 16 heavy (non-hydrogen) atoms. The molecule has 0 fully saturated rings. The Hall–Kier alpha value is 1.07. The minimum absolute atomic E-state index is 0.120. The minimum atomic E-state index is -3.00. The zero-order valence-corrected chi connectivity index (χ0v) is 12.6. The summed E-state index contributed by atoms with van der Waals surface area (Å²) < 4.78 is 20.6. The van der Waals surface area contributed by atoms with Gasteiger partial charge in [0.1, 0.15) is 0 Å². The molecule has 0 aliphatic carbocycles. The van der Waals surface area contributed by atoms with Gasteiger partial charge in [-0.1, -0.05) is 11.8 Å². The molecule has 0 rings (SSSR count). The first kappa shape index (κ1) is 17.1. The predicted molar refractivity (Wildman–Crippen MR) is 68.2 cm³/mol. The van der Waals surface area contributed by atoms with Crippen LogP contribution in [0.5, 0.6) is 0 Å². The lowest BCUT2D eigenvalue weighted by Crippen LogP contribution is -2.15. The molecule has 0 heterocycles. The van der Waals surface area contributed by atoms with Crippen LogP contribution in [0, 0.1) is 0 Å². The number of hydrogen-bond acceptors (Lipinski definition) is 7. The van der Waals surface area contributed by atoms with Crippen LogP contribution in [-0.4, -0.2) is 37.8 Å². The molecule has 9 heteroatoms. The van der Waals surface area contributed by atoms with Crippen LogP contribution in [0.25, 0.3) is 0 Å². The van der Waals surface area contributed by atoms with Crippen molar-refractivity contribution in [1.29, 1.82) is 0 Å². The number of aliphatic hydroxyl groups excluding tert-OH is 1. The first-order valence-corrected chi connectivity index (χ1v) is 10.3. The van der Waals surface area contributed by atoms with E-state index in [-0.39, 0.29) is 25.2 Å². The largest absolute Gasteiger partial charge is 0.801 e. The second-order valence-electron chi connectivity index (χ2n) is 3.27. The van der Waals surface area contributed by atoms with Crippen LogP contribution in [0.1, 0.15) is 12.8 Å². The average molecular weight is 306 g/mol. The molecule has 0 aliphatic heterocycles. The van der Waals surface area contributed by atoms with Crippen LogP contribution in [0.15, 0.2) is 0 Å². The lowest BCUT2D eigenvalue weighted by Gasteiger charge is -2.27. The van der Waals surface area contributed by atoms with Crippen LogP contribution in [0.2, 0.25) is 0 Å². The second kappa shape index (κ2) is 7.49. The third-order valence-corrected chi connectivity index (χ3v) is 6.74. The number of aliphatic hydroxyl groups is 1. The normalized spacial score (nSPS) is 21.1. The first-order chi connectivity index (χ1) is 7.22. The quantitative estimate of drug-likeness (QED) is 0.525. The van der Waals surface area contributed by atoms with Crippen molar-refractivity contribution in [3.8, 4) is 0 Å². The summed E-state index contributed by atoms with van der Waals surface area (Å²) in [5.41, 5.74) is 0. The second-order valence-corrected chi connectivity index (χ2v) is 10.7. The molecule has 0 saturated carbocycles. The van der Waals surface area contributed by atoms with E-state index in [4.69, 9.17) is 0 Å². The van der Waals surface area contributed by atoms with Crippen LogP contribution >= 0.6 is 13.1 Å². The Kier molecular flexibility index (Phi) is 7.99. The van der Waals surface area contributed by atoms with Crippen LogP contribution in [0.4, 0.5) is 0 Å². The molecule has 0 aromatic rings. The number of hydrogen-bond donors (Lipinski definition) is 1. The Labute approximate surface area is 106 Å². The maximum absolute atomic E-state index is 11.3. The van der Waals surface area contributed by atoms with Crippen molar-refractivity contribution in [1.82, 2.24) is 0 Å². The van der Waals surface area contributed by atoms with Crippen molar-refractivity contribution in [2.75, 3.05) is 26.5 Å². The van der Waals surface area contributed by atoms with E-state index in [9.17, 15) is 14.6 Å². The van der Waals surface area contributed by atoms with Crippen molar-refractivity contribution >= 4 is 37.1 Å². The van der Waals surface area contributed by atoms with Gasteiger partial charge in [0.25, 0.3) is 0 Å². The first-order valence-electron chi connectivity index (χ1n) is 4.62. The summed E-state index contributed by atoms with van der Waals surface area (Å²) in [7, 11) is 2.56. The van der Waals surface area contributed by atoms with Gasteiger partial charge in [0.15, 0.2) is 0 Å². The highest BCUT2D eigenvalue weighted by atomic mass is 32.7. The average Bonchev–Trinajstić information content (AvgIpc) is 2.24. The predicted octanol–water partition coefficient (Wildman–Crippen LogP) is 0.830. The molecule has 0 aromatic heterocycles. The van der Waals surface area contributed by atoms with Gasteiger partial charge in [-0.15, -0.1) is 0 Å². The van der Waals surface area contributed by atoms with Crippen molar-refractivity contribution in [3.05, 3.63) is 0 Å². The van der Waals surface area contributed by atoms with Gasteiger partial charge in [-0.25, -0.2) is 0 Å². The molecule has 3 unspecified atom stereocenters. The smallest absolute Gasteiger partial charge is 0.0760 e. The highest BCUT2D eigenvalue weighted by Gasteiger charge is 2.11. The molecule has 3 atom stereocenters. The Morgan fingerprint density at radius 2 is 1.88 bits per heavy atom. The lowest BCUT2D eigenvalue weighted by atomic mass is 10.2. The fourth-order valence-corrected chi connectivity index (χ4v) is 3.17. The summed E-state index contributed by atoms with van der Waals surface area (Å²) in [6.07, 6.45) is -0.0112.